The second-order valence-electron chi connectivity index (χ2n) is 3.94. The Labute approximate surface area is 112 Å². The van der Waals surface area contributed by atoms with E-state index in [-0.39, 0.29) is 24.8 Å². The summed E-state index contributed by atoms with van der Waals surface area (Å²) >= 11 is 0. The summed E-state index contributed by atoms with van der Waals surface area (Å²) < 4.78 is 0. The lowest BCUT2D eigenvalue weighted by molar-refractivity contribution is -0.655. The molecule has 4 nitrogen and oxygen atoms in total. The van der Waals surface area contributed by atoms with Crippen molar-refractivity contribution in [3.63, 3.8) is 0 Å². The van der Waals surface area contributed by atoms with Gasteiger partial charge >= 0.3 is 0 Å². The summed E-state index contributed by atoms with van der Waals surface area (Å²) in [5, 5.41) is 11.8. The zero-order valence-corrected chi connectivity index (χ0v) is 11.5. The van der Waals surface area contributed by atoms with Gasteiger partial charge in [0.2, 0.25) is 0 Å². The minimum atomic E-state index is 0. The van der Waals surface area contributed by atoms with Crippen LogP contribution in [0.15, 0.2) is 0 Å². The Kier molecular flexibility index (Phi) is 18.1. The minimum absolute atomic E-state index is 0. The molecule has 0 aliphatic carbocycles. The van der Waals surface area contributed by atoms with Gasteiger partial charge in [0.1, 0.15) is 0 Å². The van der Waals surface area contributed by atoms with E-state index in [1.165, 1.54) is 52.1 Å². The SMILES string of the molecule is C1CNCC[NH2+]CCCNCC[NH2+]C1.[Cl-].[Cl-]. The van der Waals surface area contributed by atoms with Gasteiger partial charge in [-0.25, -0.2) is 0 Å². The van der Waals surface area contributed by atoms with Crippen LogP contribution >= 0.6 is 0 Å². The van der Waals surface area contributed by atoms with Crippen LogP contribution in [0.3, 0.4) is 0 Å². The van der Waals surface area contributed by atoms with E-state index in [2.05, 4.69) is 21.3 Å². The zero-order valence-electron chi connectivity index (χ0n) is 9.98. The lowest BCUT2D eigenvalue weighted by atomic mass is 10.3. The van der Waals surface area contributed by atoms with E-state index in [0.29, 0.717) is 0 Å². The highest BCUT2D eigenvalue weighted by atomic mass is 35.5. The Morgan fingerprint density at radius 2 is 1.00 bits per heavy atom. The molecule has 100 valence electrons. The van der Waals surface area contributed by atoms with E-state index < -0.39 is 0 Å². The normalized spacial score (nSPS) is 21.0. The largest absolute Gasteiger partial charge is 1.00 e. The van der Waals surface area contributed by atoms with Crippen LogP contribution in [0.25, 0.3) is 0 Å². The first-order chi connectivity index (χ1) is 7.00. The second-order valence-corrected chi connectivity index (χ2v) is 3.94. The molecule has 1 rings (SSSR count). The van der Waals surface area contributed by atoms with Crippen LogP contribution in [0.4, 0.5) is 0 Å². The van der Waals surface area contributed by atoms with Gasteiger partial charge in [-0.3, -0.25) is 0 Å². The first kappa shape index (κ1) is 18.8. The van der Waals surface area contributed by atoms with Gasteiger partial charge in [0.05, 0.1) is 26.2 Å². The van der Waals surface area contributed by atoms with Gasteiger partial charge in [0, 0.05) is 39.0 Å². The van der Waals surface area contributed by atoms with Crippen LogP contribution in [-0.4, -0.2) is 52.4 Å². The standard InChI is InChI=1S/C10H24N4.2ClH/c1-3-11-7-9-13-5-2-6-14-10-8-12-4-1;;/h11-14H,1-10H2;2*1H. The molecule has 0 aromatic carbocycles. The van der Waals surface area contributed by atoms with E-state index >= 15 is 0 Å². The molecule has 0 radical (unpaired) electrons. The molecular weight excluding hydrogens is 247 g/mol. The van der Waals surface area contributed by atoms with Crippen molar-refractivity contribution < 1.29 is 35.4 Å². The fourth-order valence-corrected chi connectivity index (χ4v) is 1.69. The van der Waals surface area contributed by atoms with Crippen molar-refractivity contribution in [3.05, 3.63) is 0 Å². The van der Waals surface area contributed by atoms with E-state index in [1.54, 1.807) is 0 Å². The van der Waals surface area contributed by atoms with Crippen LogP contribution < -0.4 is 46.1 Å². The smallest absolute Gasteiger partial charge is 0.0882 e. The quantitative estimate of drug-likeness (QED) is 0.354. The topological polar surface area (TPSA) is 57.3 Å². The summed E-state index contributed by atoms with van der Waals surface area (Å²) in [5.74, 6) is 0. The molecule has 1 saturated heterocycles. The molecule has 0 aromatic heterocycles. The maximum atomic E-state index is 3.47. The van der Waals surface area contributed by atoms with Crippen molar-refractivity contribution in [2.24, 2.45) is 0 Å². The Morgan fingerprint density at radius 3 is 1.44 bits per heavy atom. The van der Waals surface area contributed by atoms with Crippen molar-refractivity contribution in [2.75, 3.05) is 52.4 Å². The lowest BCUT2D eigenvalue weighted by Crippen LogP contribution is -3.00. The molecule has 0 unspecified atom stereocenters. The molecule has 0 atom stereocenters. The third kappa shape index (κ3) is 12.5. The summed E-state index contributed by atoms with van der Waals surface area (Å²) in [5.41, 5.74) is 0. The van der Waals surface area contributed by atoms with Crippen molar-refractivity contribution in [1.29, 1.82) is 0 Å². The molecule has 0 saturated carbocycles. The van der Waals surface area contributed by atoms with Gasteiger partial charge in [0.15, 0.2) is 0 Å². The van der Waals surface area contributed by atoms with E-state index in [9.17, 15) is 0 Å². The fraction of sp³-hybridized carbons (Fsp3) is 1.00. The molecule has 0 amide bonds. The van der Waals surface area contributed by atoms with Gasteiger partial charge in [-0.05, 0) is 0 Å². The minimum Gasteiger partial charge on any atom is -1.00 e. The average molecular weight is 273 g/mol. The van der Waals surface area contributed by atoms with Gasteiger partial charge in [0.25, 0.3) is 0 Å². The van der Waals surface area contributed by atoms with Crippen LogP contribution in [-0.2, 0) is 0 Å². The number of hydrogen-bond donors (Lipinski definition) is 4. The highest BCUT2D eigenvalue weighted by Gasteiger charge is 1.96. The van der Waals surface area contributed by atoms with Crippen LogP contribution in [0.1, 0.15) is 12.8 Å². The van der Waals surface area contributed by atoms with Crippen LogP contribution in [0.5, 0.6) is 0 Å². The summed E-state index contributed by atoms with van der Waals surface area (Å²) in [6, 6.07) is 0. The predicted molar refractivity (Wildman–Crippen MR) is 58.3 cm³/mol. The van der Waals surface area contributed by atoms with Gasteiger partial charge in [-0.15, -0.1) is 0 Å². The van der Waals surface area contributed by atoms with Gasteiger partial charge in [-0.1, -0.05) is 0 Å². The Morgan fingerprint density at radius 1 is 0.562 bits per heavy atom. The highest BCUT2D eigenvalue weighted by Crippen LogP contribution is 1.69. The molecular formula is C10H26Cl2N4. The average Bonchev–Trinajstić information content (AvgIpc) is 2.22. The van der Waals surface area contributed by atoms with Crippen molar-refractivity contribution in [3.8, 4) is 0 Å². The summed E-state index contributed by atoms with van der Waals surface area (Å²) in [6.45, 7) is 9.65. The summed E-state index contributed by atoms with van der Waals surface area (Å²) in [6.07, 6.45) is 2.58. The maximum absolute atomic E-state index is 3.47. The fourth-order valence-electron chi connectivity index (χ4n) is 1.69. The molecule has 1 aliphatic rings. The number of nitrogens with one attached hydrogen (secondary N) is 2. The number of nitrogens with two attached hydrogens (primary N) is 2. The third-order valence-corrected chi connectivity index (χ3v) is 2.57. The second kappa shape index (κ2) is 15.4. The summed E-state index contributed by atoms with van der Waals surface area (Å²) in [7, 11) is 0. The highest BCUT2D eigenvalue weighted by molar-refractivity contribution is 4.47. The Balaban J connectivity index is 0. The number of rotatable bonds is 0. The van der Waals surface area contributed by atoms with E-state index in [4.69, 9.17) is 0 Å². The zero-order chi connectivity index (χ0) is 9.90. The molecule has 1 fully saturated rings. The molecule has 1 aliphatic heterocycles. The maximum Gasteiger partial charge on any atom is 0.0882 e. The predicted octanol–water partition coefficient (Wildman–Crippen LogP) is -8.91. The molecule has 6 N–H and O–H groups in total. The first-order valence-corrected chi connectivity index (χ1v) is 6.05. The summed E-state index contributed by atoms with van der Waals surface area (Å²) in [4.78, 5) is 0. The lowest BCUT2D eigenvalue weighted by Gasteiger charge is -2.07. The molecule has 1 heterocycles. The third-order valence-electron chi connectivity index (χ3n) is 2.57. The number of halogens is 2. The van der Waals surface area contributed by atoms with Crippen LogP contribution in [0.2, 0.25) is 0 Å². The molecule has 6 heteroatoms. The number of quaternary nitrogens is 2. The van der Waals surface area contributed by atoms with Gasteiger partial charge < -0.3 is 46.1 Å². The molecule has 0 aromatic rings. The monoisotopic (exact) mass is 272 g/mol. The number of hydrogen-bond acceptors (Lipinski definition) is 2. The first-order valence-electron chi connectivity index (χ1n) is 6.05. The molecule has 0 bridgehead atoms. The molecule has 16 heavy (non-hydrogen) atoms. The Bertz CT molecular complexity index is 74.1. The van der Waals surface area contributed by atoms with Crippen molar-refractivity contribution in [2.45, 2.75) is 12.8 Å². The van der Waals surface area contributed by atoms with Crippen molar-refractivity contribution >= 4 is 0 Å². The van der Waals surface area contributed by atoms with Crippen LogP contribution in [0, 0.1) is 0 Å². The molecule has 0 spiro atoms. The van der Waals surface area contributed by atoms with E-state index in [1.807, 2.05) is 0 Å². The van der Waals surface area contributed by atoms with Gasteiger partial charge in [-0.2, -0.15) is 0 Å². The Hall–Kier alpha value is 0.420. The van der Waals surface area contributed by atoms with Crippen molar-refractivity contribution in [1.82, 2.24) is 10.6 Å². The van der Waals surface area contributed by atoms with E-state index in [0.717, 1.165) is 13.1 Å².